The average Bonchev–Trinajstić information content (AvgIpc) is 2.75. The molecule has 0 fully saturated rings. The van der Waals surface area contributed by atoms with Crippen molar-refractivity contribution in [1.29, 1.82) is 5.26 Å². The van der Waals surface area contributed by atoms with Crippen molar-refractivity contribution in [2.45, 2.75) is 45.6 Å². The Morgan fingerprint density at radius 1 is 1.09 bits per heavy atom. The molecule has 0 bridgehead atoms. The van der Waals surface area contributed by atoms with Gasteiger partial charge in [0.25, 0.3) is 8.32 Å². The van der Waals surface area contributed by atoms with Crippen LogP contribution in [0.15, 0.2) is 72.3 Å². The molecule has 0 spiro atoms. The highest BCUT2D eigenvalue weighted by molar-refractivity contribution is 7.52. The van der Waals surface area contributed by atoms with E-state index in [1.54, 1.807) is 0 Å². The lowest BCUT2D eigenvalue weighted by Crippen LogP contribution is -2.66. The van der Waals surface area contributed by atoms with Crippen molar-refractivity contribution in [2.24, 2.45) is 0 Å². The minimum absolute atomic E-state index is 0.0228. The maximum absolute atomic E-state index is 12.1. The molecule has 2 aromatic carbocycles. The van der Waals surface area contributed by atoms with Gasteiger partial charge >= 0.3 is 7.60 Å². The van der Waals surface area contributed by atoms with E-state index in [0.717, 1.165) is 5.57 Å². The topological polar surface area (TPSA) is 79.5 Å². The van der Waals surface area contributed by atoms with E-state index in [1.165, 1.54) is 10.4 Å². The standard InChI is InChI=1S/C25H34NO4PSi/c1-22(13-11-20-31(27,28)29-19-12-18-26)21-30-32(25(2,3)4,23-14-7-5-8-15-23)24-16-9-6-10-17-24/h5-10,13-17H,11-12,19-21H2,1-4H3,(H,27,28)/b22-13+. The van der Waals surface area contributed by atoms with Crippen LogP contribution in [0, 0.1) is 11.3 Å². The summed E-state index contributed by atoms with van der Waals surface area (Å²) < 4.78 is 23.9. The van der Waals surface area contributed by atoms with Crippen LogP contribution >= 0.6 is 7.60 Å². The Morgan fingerprint density at radius 3 is 2.09 bits per heavy atom. The number of nitrogens with zero attached hydrogens (tertiary/aromatic N) is 1. The van der Waals surface area contributed by atoms with E-state index in [-0.39, 0.29) is 24.2 Å². The highest BCUT2D eigenvalue weighted by Crippen LogP contribution is 2.42. The molecule has 2 aromatic rings. The summed E-state index contributed by atoms with van der Waals surface area (Å²) in [7, 11) is -6.29. The summed E-state index contributed by atoms with van der Waals surface area (Å²) in [6.07, 6.45) is 2.48. The Hall–Kier alpha value is -2.00. The Balaban J connectivity index is 2.22. The van der Waals surface area contributed by atoms with Gasteiger partial charge in [0.1, 0.15) is 0 Å². The Morgan fingerprint density at radius 2 is 1.62 bits per heavy atom. The normalized spacial score (nSPS) is 14.6. The summed E-state index contributed by atoms with van der Waals surface area (Å²) in [4.78, 5) is 9.89. The fourth-order valence-electron chi connectivity index (χ4n) is 3.82. The Kier molecular flexibility index (Phi) is 9.63. The van der Waals surface area contributed by atoms with E-state index in [1.807, 2.05) is 31.2 Å². The highest BCUT2D eigenvalue weighted by atomic mass is 31.2. The number of nitriles is 1. The first-order valence-corrected chi connectivity index (χ1v) is 14.5. The van der Waals surface area contributed by atoms with Crippen molar-refractivity contribution in [1.82, 2.24) is 0 Å². The second kappa shape index (κ2) is 11.7. The molecule has 0 amide bonds. The number of hydrogen-bond donors (Lipinski definition) is 1. The van der Waals surface area contributed by atoms with Crippen molar-refractivity contribution in [2.75, 3.05) is 19.4 Å². The molecule has 1 atom stereocenters. The van der Waals surface area contributed by atoms with E-state index in [4.69, 9.17) is 14.2 Å². The summed E-state index contributed by atoms with van der Waals surface area (Å²) in [5, 5.41) is 10.9. The van der Waals surface area contributed by atoms with Gasteiger partial charge in [-0.15, -0.1) is 0 Å². The largest absolute Gasteiger partial charge is 0.403 e. The van der Waals surface area contributed by atoms with Gasteiger partial charge in [0.2, 0.25) is 0 Å². The van der Waals surface area contributed by atoms with Gasteiger partial charge in [-0.2, -0.15) is 5.26 Å². The van der Waals surface area contributed by atoms with Gasteiger partial charge in [0, 0.05) is 0 Å². The van der Waals surface area contributed by atoms with Crippen LogP contribution in [-0.4, -0.2) is 32.6 Å². The van der Waals surface area contributed by atoms with E-state index in [9.17, 15) is 9.46 Å². The summed E-state index contributed by atoms with van der Waals surface area (Å²) >= 11 is 0. The van der Waals surface area contributed by atoms with Crippen LogP contribution in [0.4, 0.5) is 0 Å². The molecule has 1 unspecified atom stereocenters. The van der Waals surface area contributed by atoms with Crippen LogP contribution in [0.1, 0.15) is 40.5 Å². The minimum Gasteiger partial charge on any atom is -0.403 e. The Labute approximate surface area is 193 Å². The monoisotopic (exact) mass is 471 g/mol. The van der Waals surface area contributed by atoms with Crippen LogP contribution in [0.3, 0.4) is 0 Å². The SMILES string of the molecule is C/C(=C\CCP(=O)(O)OCCC#N)CO[Si](c1ccccc1)(c1ccccc1)C(C)(C)C. The van der Waals surface area contributed by atoms with E-state index < -0.39 is 15.9 Å². The quantitative estimate of drug-likeness (QED) is 0.216. The number of benzene rings is 2. The first kappa shape index (κ1) is 26.3. The molecular weight excluding hydrogens is 437 g/mol. The highest BCUT2D eigenvalue weighted by Gasteiger charge is 2.50. The van der Waals surface area contributed by atoms with E-state index in [2.05, 4.69) is 69.3 Å². The van der Waals surface area contributed by atoms with Gasteiger partial charge in [0.05, 0.1) is 31.9 Å². The van der Waals surface area contributed by atoms with Gasteiger partial charge in [-0.05, 0) is 28.8 Å². The van der Waals surface area contributed by atoms with Gasteiger partial charge in [0.15, 0.2) is 0 Å². The molecule has 0 saturated heterocycles. The predicted octanol–water partition coefficient (Wildman–Crippen LogP) is 5.02. The molecule has 0 aliphatic heterocycles. The summed E-state index contributed by atoms with van der Waals surface area (Å²) in [5.74, 6) is 0. The third-order valence-corrected chi connectivity index (χ3v) is 11.7. The van der Waals surface area contributed by atoms with Gasteiger partial charge in [-0.25, -0.2) is 0 Å². The molecule has 0 radical (unpaired) electrons. The van der Waals surface area contributed by atoms with Crippen molar-refractivity contribution in [3.05, 3.63) is 72.3 Å². The molecule has 7 heteroatoms. The first-order chi connectivity index (χ1) is 15.1. The average molecular weight is 472 g/mol. The maximum atomic E-state index is 12.1. The fraction of sp³-hybridized carbons (Fsp3) is 0.400. The lowest BCUT2D eigenvalue weighted by Gasteiger charge is -2.43. The number of hydrogen-bond acceptors (Lipinski definition) is 4. The zero-order valence-electron chi connectivity index (χ0n) is 19.5. The number of rotatable bonds is 11. The molecule has 32 heavy (non-hydrogen) atoms. The lowest BCUT2D eigenvalue weighted by atomic mass is 10.2. The van der Waals surface area contributed by atoms with Crippen molar-refractivity contribution < 1.29 is 18.4 Å². The van der Waals surface area contributed by atoms with Gasteiger partial charge in [-0.3, -0.25) is 4.57 Å². The molecule has 5 nitrogen and oxygen atoms in total. The first-order valence-electron chi connectivity index (χ1n) is 10.9. The molecule has 2 rings (SSSR count). The molecule has 1 N–H and O–H groups in total. The van der Waals surface area contributed by atoms with Crippen molar-refractivity contribution in [3.63, 3.8) is 0 Å². The third kappa shape index (κ3) is 7.00. The van der Waals surface area contributed by atoms with Crippen LogP contribution in [0.25, 0.3) is 0 Å². The molecule has 0 aliphatic rings. The molecule has 0 saturated carbocycles. The molecule has 0 heterocycles. The van der Waals surface area contributed by atoms with Gasteiger partial charge < -0.3 is 13.8 Å². The number of allylic oxidation sites excluding steroid dienone is 1. The van der Waals surface area contributed by atoms with Crippen LogP contribution in [0.2, 0.25) is 5.04 Å². The zero-order valence-corrected chi connectivity index (χ0v) is 21.3. The van der Waals surface area contributed by atoms with E-state index in [0.29, 0.717) is 13.0 Å². The van der Waals surface area contributed by atoms with E-state index >= 15 is 0 Å². The van der Waals surface area contributed by atoms with Crippen molar-refractivity contribution >= 4 is 26.3 Å². The lowest BCUT2D eigenvalue weighted by molar-refractivity contribution is 0.265. The fourth-order valence-corrected chi connectivity index (χ4v) is 9.38. The minimum atomic E-state index is -3.68. The van der Waals surface area contributed by atoms with Crippen LogP contribution in [-0.2, 0) is 13.5 Å². The summed E-state index contributed by atoms with van der Waals surface area (Å²) in [6, 6.07) is 22.8. The maximum Gasteiger partial charge on any atom is 0.328 e. The molecule has 0 aromatic heterocycles. The summed E-state index contributed by atoms with van der Waals surface area (Å²) in [6.45, 7) is 9.11. The third-order valence-electron chi connectivity index (χ3n) is 5.34. The second-order valence-corrected chi connectivity index (χ2v) is 15.2. The Bertz CT molecular complexity index is 925. The zero-order chi connectivity index (χ0) is 23.7. The molecular formula is C25H34NO4PSi. The molecule has 172 valence electrons. The summed E-state index contributed by atoms with van der Waals surface area (Å²) in [5.41, 5.74) is 1.01. The van der Waals surface area contributed by atoms with Crippen molar-refractivity contribution in [3.8, 4) is 6.07 Å². The predicted molar refractivity (Wildman–Crippen MR) is 133 cm³/mol. The van der Waals surface area contributed by atoms with Crippen LogP contribution < -0.4 is 10.4 Å². The second-order valence-electron chi connectivity index (χ2n) is 8.89. The molecule has 0 aliphatic carbocycles. The van der Waals surface area contributed by atoms with Crippen LogP contribution in [0.5, 0.6) is 0 Å². The van der Waals surface area contributed by atoms with Gasteiger partial charge in [-0.1, -0.05) is 93.1 Å². The smallest absolute Gasteiger partial charge is 0.328 e.